The van der Waals surface area contributed by atoms with Gasteiger partial charge in [0.2, 0.25) is 0 Å². The van der Waals surface area contributed by atoms with Gasteiger partial charge in [-0.1, -0.05) is 37.0 Å². The summed E-state index contributed by atoms with van der Waals surface area (Å²) in [5, 5.41) is 7.61. The molecule has 0 bridgehead atoms. The minimum absolute atomic E-state index is 0.107. The molecule has 1 aliphatic heterocycles. The van der Waals surface area contributed by atoms with E-state index in [1.807, 2.05) is 4.90 Å². The molecule has 1 aliphatic rings. The van der Waals surface area contributed by atoms with E-state index in [4.69, 9.17) is 23.2 Å². The van der Waals surface area contributed by atoms with E-state index in [-0.39, 0.29) is 16.2 Å². The van der Waals surface area contributed by atoms with Crippen LogP contribution in [0.25, 0.3) is 0 Å². The van der Waals surface area contributed by atoms with Crippen molar-refractivity contribution in [3.8, 4) is 0 Å². The van der Waals surface area contributed by atoms with Crippen LogP contribution in [-0.2, 0) is 0 Å². The zero-order valence-corrected chi connectivity index (χ0v) is 13.9. The summed E-state index contributed by atoms with van der Waals surface area (Å²) in [6, 6.07) is 2.04. The number of rotatable bonds is 4. The summed E-state index contributed by atoms with van der Waals surface area (Å²) >= 11 is 11.7. The summed E-state index contributed by atoms with van der Waals surface area (Å²) in [6.45, 7) is 7.90. The average molecular weight is 331 g/mol. The second kappa shape index (κ2) is 7.38. The molecule has 0 unspecified atom stereocenters. The summed E-state index contributed by atoms with van der Waals surface area (Å²) in [6.07, 6.45) is 1.97. The molecule has 0 aromatic carbocycles. The van der Waals surface area contributed by atoms with Crippen LogP contribution in [0.15, 0.2) is 6.07 Å². The van der Waals surface area contributed by atoms with Gasteiger partial charge in [0.15, 0.2) is 10.3 Å². The number of likely N-dealkylation sites (tertiary alicyclic amines) is 1. The Bertz CT molecular complexity index is 500. The van der Waals surface area contributed by atoms with Crippen LogP contribution >= 0.6 is 23.2 Å². The molecule has 2 heterocycles. The molecule has 2 rings (SSSR count). The van der Waals surface area contributed by atoms with Crippen molar-refractivity contribution in [2.24, 2.45) is 0 Å². The molecule has 0 saturated carbocycles. The van der Waals surface area contributed by atoms with Gasteiger partial charge in [0.05, 0.1) is 5.56 Å². The van der Waals surface area contributed by atoms with Crippen LogP contribution < -0.4 is 0 Å². The normalized spacial score (nSPS) is 16.5. The quantitative estimate of drug-likeness (QED) is 0.851. The van der Waals surface area contributed by atoms with Gasteiger partial charge < -0.3 is 9.80 Å². The maximum Gasteiger partial charge on any atom is 0.257 e. The molecule has 1 fully saturated rings. The van der Waals surface area contributed by atoms with Gasteiger partial charge in [-0.2, -0.15) is 0 Å². The van der Waals surface area contributed by atoms with E-state index < -0.39 is 0 Å². The van der Waals surface area contributed by atoms with Crippen molar-refractivity contribution in [3.63, 3.8) is 0 Å². The standard InChI is InChI=1S/C14H20Cl2N4O/c1-3-19(4-2)10-5-7-20(8-6-10)14(21)11-9-12(15)17-18-13(11)16/h9-10H,3-8H2,1-2H3. The topological polar surface area (TPSA) is 49.3 Å². The van der Waals surface area contributed by atoms with Crippen molar-refractivity contribution >= 4 is 29.1 Å². The molecule has 1 amide bonds. The van der Waals surface area contributed by atoms with Gasteiger partial charge in [-0.05, 0) is 32.0 Å². The van der Waals surface area contributed by atoms with E-state index in [2.05, 4.69) is 28.9 Å². The Morgan fingerprint density at radius 3 is 2.48 bits per heavy atom. The lowest BCUT2D eigenvalue weighted by Crippen LogP contribution is -2.46. The van der Waals surface area contributed by atoms with Crippen LogP contribution in [0, 0.1) is 0 Å². The monoisotopic (exact) mass is 330 g/mol. The molecule has 1 aromatic rings. The van der Waals surface area contributed by atoms with Crippen molar-refractivity contribution in [1.29, 1.82) is 0 Å². The smallest absolute Gasteiger partial charge is 0.257 e. The Morgan fingerprint density at radius 1 is 1.29 bits per heavy atom. The van der Waals surface area contributed by atoms with Crippen LogP contribution in [0.5, 0.6) is 0 Å². The van der Waals surface area contributed by atoms with Crippen molar-refractivity contribution in [1.82, 2.24) is 20.0 Å². The Hall–Kier alpha value is -0.910. The third-order valence-corrected chi connectivity index (χ3v) is 4.49. The van der Waals surface area contributed by atoms with Crippen molar-refractivity contribution in [2.45, 2.75) is 32.7 Å². The zero-order valence-electron chi connectivity index (χ0n) is 12.4. The number of hydrogen-bond acceptors (Lipinski definition) is 4. The van der Waals surface area contributed by atoms with E-state index in [0.717, 1.165) is 39.0 Å². The predicted octanol–water partition coefficient (Wildman–Crippen LogP) is 2.73. The second-order valence-electron chi connectivity index (χ2n) is 5.12. The Balaban J connectivity index is 2.02. The van der Waals surface area contributed by atoms with Crippen LogP contribution in [0.1, 0.15) is 37.0 Å². The number of piperidine rings is 1. The minimum Gasteiger partial charge on any atom is -0.338 e. The highest BCUT2D eigenvalue weighted by Gasteiger charge is 2.27. The Labute approximate surface area is 135 Å². The molecule has 1 saturated heterocycles. The summed E-state index contributed by atoms with van der Waals surface area (Å²) in [5.74, 6) is -0.116. The molecule has 7 heteroatoms. The molecule has 1 aromatic heterocycles. The first-order valence-corrected chi connectivity index (χ1v) is 8.04. The molecular formula is C14H20Cl2N4O. The van der Waals surface area contributed by atoms with Gasteiger partial charge in [0, 0.05) is 19.1 Å². The second-order valence-corrected chi connectivity index (χ2v) is 5.86. The number of carbonyl (C=O) groups is 1. The van der Waals surface area contributed by atoms with Crippen LogP contribution in [-0.4, -0.2) is 58.1 Å². The number of amides is 1. The largest absolute Gasteiger partial charge is 0.338 e. The molecule has 0 aliphatic carbocycles. The lowest BCUT2D eigenvalue weighted by molar-refractivity contribution is 0.0631. The maximum atomic E-state index is 12.5. The third-order valence-electron chi connectivity index (χ3n) is 4.03. The van der Waals surface area contributed by atoms with E-state index in [1.165, 1.54) is 6.07 Å². The Morgan fingerprint density at radius 2 is 1.90 bits per heavy atom. The minimum atomic E-state index is -0.116. The van der Waals surface area contributed by atoms with Gasteiger partial charge in [-0.3, -0.25) is 4.79 Å². The molecule has 0 atom stereocenters. The molecule has 0 spiro atoms. The Kier molecular flexibility index (Phi) is 5.79. The SMILES string of the molecule is CCN(CC)C1CCN(C(=O)c2cc(Cl)nnc2Cl)CC1. The lowest BCUT2D eigenvalue weighted by atomic mass is 10.0. The fraction of sp³-hybridized carbons (Fsp3) is 0.643. The van der Waals surface area contributed by atoms with Crippen molar-refractivity contribution in [3.05, 3.63) is 21.9 Å². The first kappa shape index (κ1) is 16.5. The number of aromatic nitrogens is 2. The molecule has 5 nitrogen and oxygen atoms in total. The third kappa shape index (κ3) is 3.84. The predicted molar refractivity (Wildman–Crippen MR) is 83.9 cm³/mol. The lowest BCUT2D eigenvalue weighted by Gasteiger charge is -2.37. The van der Waals surface area contributed by atoms with Gasteiger partial charge in [-0.15, -0.1) is 10.2 Å². The number of hydrogen-bond donors (Lipinski definition) is 0. The molecule has 21 heavy (non-hydrogen) atoms. The summed E-state index contributed by atoms with van der Waals surface area (Å²) in [4.78, 5) is 16.8. The van der Waals surface area contributed by atoms with E-state index in [9.17, 15) is 4.79 Å². The summed E-state index contributed by atoms with van der Waals surface area (Å²) in [5.41, 5.74) is 0.331. The average Bonchev–Trinajstić information content (AvgIpc) is 2.51. The molecule has 0 radical (unpaired) electrons. The highest BCUT2D eigenvalue weighted by atomic mass is 35.5. The van der Waals surface area contributed by atoms with E-state index in [0.29, 0.717) is 11.6 Å². The highest BCUT2D eigenvalue weighted by Crippen LogP contribution is 2.22. The first-order chi connectivity index (χ1) is 10.1. The number of carbonyl (C=O) groups excluding carboxylic acids is 1. The van der Waals surface area contributed by atoms with Crippen LogP contribution in [0.3, 0.4) is 0 Å². The number of halogens is 2. The molecular weight excluding hydrogens is 311 g/mol. The van der Waals surface area contributed by atoms with Gasteiger partial charge in [0.1, 0.15) is 0 Å². The van der Waals surface area contributed by atoms with Crippen LogP contribution in [0.2, 0.25) is 10.3 Å². The first-order valence-electron chi connectivity index (χ1n) is 7.28. The van der Waals surface area contributed by atoms with Crippen molar-refractivity contribution < 1.29 is 4.79 Å². The molecule has 0 N–H and O–H groups in total. The fourth-order valence-electron chi connectivity index (χ4n) is 2.85. The maximum absolute atomic E-state index is 12.5. The summed E-state index contributed by atoms with van der Waals surface area (Å²) in [7, 11) is 0. The van der Waals surface area contributed by atoms with Gasteiger partial charge in [0.25, 0.3) is 5.91 Å². The van der Waals surface area contributed by atoms with Crippen LogP contribution in [0.4, 0.5) is 0 Å². The molecule has 116 valence electrons. The highest BCUT2D eigenvalue weighted by molar-refractivity contribution is 6.34. The van der Waals surface area contributed by atoms with E-state index in [1.54, 1.807) is 0 Å². The summed E-state index contributed by atoms with van der Waals surface area (Å²) < 4.78 is 0. The van der Waals surface area contributed by atoms with E-state index >= 15 is 0 Å². The van der Waals surface area contributed by atoms with Gasteiger partial charge >= 0.3 is 0 Å². The van der Waals surface area contributed by atoms with Gasteiger partial charge in [-0.25, -0.2) is 0 Å². The fourth-order valence-corrected chi connectivity index (χ4v) is 3.17. The number of nitrogens with zero attached hydrogens (tertiary/aromatic N) is 4. The zero-order chi connectivity index (χ0) is 15.4. The van der Waals surface area contributed by atoms with Crippen molar-refractivity contribution in [2.75, 3.05) is 26.2 Å².